The average molecular weight is 467 g/mol. The van der Waals surface area contributed by atoms with Gasteiger partial charge in [-0.15, -0.1) is 0 Å². The second-order valence-corrected chi connectivity index (χ2v) is 8.80. The Hall–Kier alpha value is -3.20. The first-order valence-corrected chi connectivity index (χ1v) is 11.4. The number of nitrogens with two attached hydrogens (primary N) is 1. The molecule has 1 unspecified atom stereocenters. The average Bonchev–Trinajstić information content (AvgIpc) is 2.81. The fraction of sp³-hybridized carbons (Fsp3) is 0.385. The standard InChI is InChI=1S/C26H30N2O6/c1-18-5-6-23-20(13-18)15-21(24(29)34-23)17-26(31,25(27)30)16-19-3-2-4-22(14-19)33-12-9-28-7-10-32-11-8-28/h2-6,13-15,31H,7-12,16-17H2,1H3,(H2,27,30). The van der Waals surface area contributed by atoms with Crippen LogP contribution in [0.3, 0.4) is 0 Å². The maximum Gasteiger partial charge on any atom is 0.339 e. The van der Waals surface area contributed by atoms with Gasteiger partial charge in [-0.3, -0.25) is 9.69 Å². The number of fused-ring (bicyclic) bond motifs is 1. The van der Waals surface area contributed by atoms with E-state index in [1.165, 1.54) is 0 Å². The number of ether oxygens (including phenoxy) is 2. The van der Waals surface area contributed by atoms with Crippen LogP contribution in [0.1, 0.15) is 16.7 Å². The van der Waals surface area contributed by atoms with Crippen molar-refractivity contribution in [3.63, 3.8) is 0 Å². The molecule has 0 radical (unpaired) electrons. The Morgan fingerprint density at radius 1 is 1.15 bits per heavy atom. The van der Waals surface area contributed by atoms with Crippen molar-refractivity contribution in [3.8, 4) is 5.75 Å². The van der Waals surface area contributed by atoms with Crippen LogP contribution in [0.15, 0.2) is 57.7 Å². The predicted molar refractivity (Wildman–Crippen MR) is 128 cm³/mol. The lowest BCUT2D eigenvalue weighted by atomic mass is 9.87. The summed E-state index contributed by atoms with van der Waals surface area (Å²) in [7, 11) is 0. The first-order valence-electron chi connectivity index (χ1n) is 11.4. The summed E-state index contributed by atoms with van der Waals surface area (Å²) in [6.45, 7) is 6.47. The smallest absolute Gasteiger partial charge is 0.339 e. The SMILES string of the molecule is Cc1ccc2oc(=O)c(CC(O)(Cc3cccc(OCCN4CCOCC4)c3)C(N)=O)cc2c1. The number of hydrogen-bond donors (Lipinski definition) is 2. The van der Waals surface area contributed by atoms with Gasteiger partial charge in [0.15, 0.2) is 5.60 Å². The molecule has 8 heteroatoms. The summed E-state index contributed by atoms with van der Waals surface area (Å²) in [6.07, 6.45) is -0.315. The minimum Gasteiger partial charge on any atom is -0.492 e. The molecule has 2 aromatic carbocycles. The van der Waals surface area contributed by atoms with E-state index in [9.17, 15) is 14.7 Å². The van der Waals surface area contributed by atoms with Crippen molar-refractivity contribution < 1.29 is 23.8 Å². The molecular weight excluding hydrogens is 436 g/mol. The molecule has 34 heavy (non-hydrogen) atoms. The van der Waals surface area contributed by atoms with E-state index in [0.29, 0.717) is 23.5 Å². The van der Waals surface area contributed by atoms with Crippen LogP contribution in [0.4, 0.5) is 0 Å². The molecule has 1 fully saturated rings. The van der Waals surface area contributed by atoms with Crippen LogP contribution >= 0.6 is 0 Å². The van der Waals surface area contributed by atoms with E-state index in [0.717, 1.165) is 43.8 Å². The van der Waals surface area contributed by atoms with Crippen molar-refractivity contribution in [1.29, 1.82) is 0 Å². The van der Waals surface area contributed by atoms with E-state index in [4.69, 9.17) is 19.6 Å². The number of rotatable bonds is 9. The number of amides is 1. The molecule has 8 nitrogen and oxygen atoms in total. The zero-order chi connectivity index (χ0) is 24.1. The number of aryl methyl sites for hydroxylation is 1. The molecular formula is C26H30N2O6. The number of carbonyl (C=O) groups excluding carboxylic acids is 1. The lowest BCUT2D eigenvalue weighted by Gasteiger charge is -2.26. The molecule has 1 atom stereocenters. The molecule has 180 valence electrons. The summed E-state index contributed by atoms with van der Waals surface area (Å²) in [6, 6.07) is 14.3. The van der Waals surface area contributed by atoms with Crippen molar-refractivity contribution in [1.82, 2.24) is 4.90 Å². The van der Waals surface area contributed by atoms with Crippen LogP contribution in [0.5, 0.6) is 5.75 Å². The Morgan fingerprint density at radius 3 is 2.71 bits per heavy atom. The Morgan fingerprint density at radius 2 is 1.94 bits per heavy atom. The van der Waals surface area contributed by atoms with Crippen LogP contribution in [0, 0.1) is 6.92 Å². The third-order valence-electron chi connectivity index (χ3n) is 6.08. The second-order valence-electron chi connectivity index (χ2n) is 8.80. The maximum atomic E-state index is 12.5. The van der Waals surface area contributed by atoms with Gasteiger partial charge in [0.2, 0.25) is 5.91 Å². The van der Waals surface area contributed by atoms with E-state index in [2.05, 4.69) is 4.90 Å². The van der Waals surface area contributed by atoms with E-state index in [1.807, 2.05) is 25.1 Å². The van der Waals surface area contributed by atoms with Gasteiger partial charge in [0.05, 0.1) is 13.2 Å². The number of nitrogens with zero attached hydrogens (tertiary/aromatic N) is 1. The summed E-state index contributed by atoms with van der Waals surface area (Å²) in [5, 5.41) is 11.9. The zero-order valence-electron chi connectivity index (χ0n) is 19.3. The molecule has 4 rings (SSSR count). The number of primary amides is 1. The molecule has 3 aromatic rings. The second kappa shape index (κ2) is 10.4. The molecule has 1 aromatic heterocycles. The van der Waals surface area contributed by atoms with Gasteiger partial charge >= 0.3 is 5.63 Å². The number of hydrogen-bond acceptors (Lipinski definition) is 7. The topological polar surface area (TPSA) is 115 Å². The third kappa shape index (κ3) is 5.83. The monoisotopic (exact) mass is 466 g/mol. The van der Waals surface area contributed by atoms with Crippen molar-refractivity contribution in [2.75, 3.05) is 39.5 Å². The Kier molecular flexibility index (Phi) is 7.31. The molecule has 0 bridgehead atoms. The lowest BCUT2D eigenvalue weighted by molar-refractivity contribution is -0.136. The van der Waals surface area contributed by atoms with Gasteiger partial charge in [0, 0.05) is 43.4 Å². The van der Waals surface area contributed by atoms with Crippen molar-refractivity contribution >= 4 is 16.9 Å². The predicted octanol–water partition coefficient (Wildman–Crippen LogP) is 1.81. The third-order valence-corrected chi connectivity index (χ3v) is 6.08. The maximum absolute atomic E-state index is 12.5. The number of benzene rings is 2. The number of morpholine rings is 1. The first-order chi connectivity index (χ1) is 16.3. The van der Waals surface area contributed by atoms with Crippen molar-refractivity contribution in [3.05, 3.63) is 75.6 Å². The Labute approximate surface area is 197 Å². The largest absolute Gasteiger partial charge is 0.492 e. The minimum absolute atomic E-state index is 0.0612. The summed E-state index contributed by atoms with van der Waals surface area (Å²) < 4.78 is 16.6. The van der Waals surface area contributed by atoms with Crippen LogP contribution in [-0.4, -0.2) is 61.0 Å². The van der Waals surface area contributed by atoms with Gasteiger partial charge in [-0.05, 0) is 42.8 Å². The van der Waals surface area contributed by atoms with E-state index in [-0.39, 0.29) is 18.4 Å². The number of aliphatic hydroxyl groups is 1. The molecule has 1 amide bonds. The zero-order valence-corrected chi connectivity index (χ0v) is 19.3. The molecule has 0 saturated carbocycles. The highest BCUT2D eigenvalue weighted by atomic mass is 16.5. The minimum atomic E-state index is -1.96. The highest BCUT2D eigenvalue weighted by molar-refractivity contribution is 5.84. The van der Waals surface area contributed by atoms with Gasteiger partial charge in [-0.2, -0.15) is 0 Å². The molecule has 0 aliphatic carbocycles. The van der Waals surface area contributed by atoms with Gasteiger partial charge in [-0.25, -0.2) is 4.79 Å². The summed E-state index contributed by atoms with van der Waals surface area (Å²) in [4.78, 5) is 27.1. The van der Waals surface area contributed by atoms with Gasteiger partial charge < -0.3 is 24.7 Å². The first kappa shape index (κ1) is 23.9. The van der Waals surface area contributed by atoms with Crippen LogP contribution in [-0.2, 0) is 22.4 Å². The van der Waals surface area contributed by atoms with Crippen molar-refractivity contribution in [2.45, 2.75) is 25.4 Å². The molecule has 1 aliphatic rings. The Bertz CT molecular complexity index is 1220. The number of carbonyl (C=O) groups is 1. The van der Waals surface area contributed by atoms with Crippen LogP contribution in [0.25, 0.3) is 11.0 Å². The lowest BCUT2D eigenvalue weighted by Crippen LogP contribution is -2.48. The van der Waals surface area contributed by atoms with Gasteiger partial charge in [0.25, 0.3) is 0 Å². The highest BCUT2D eigenvalue weighted by Crippen LogP contribution is 2.23. The molecule has 1 aliphatic heterocycles. The molecule has 1 saturated heterocycles. The normalized spacial score (nSPS) is 16.3. The van der Waals surface area contributed by atoms with Gasteiger partial charge in [0.1, 0.15) is 17.9 Å². The summed E-state index contributed by atoms with van der Waals surface area (Å²) in [5.74, 6) is -0.270. The summed E-state index contributed by atoms with van der Waals surface area (Å²) in [5.41, 5.74) is 5.34. The quantitative estimate of drug-likeness (QED) is 0.462. The highest BCUT2D eigenvalue weighted by Gasteiger charge is 2.35. The van der Waals surface area contributed by atoms with Crippen LogP contribution in [0.2, 0.25) is 0 Å². The van der Waals surface area contributed by atoms with Gasteiger partial charge in [-0.1, -0.05) is 23.8 Å². The van der Waals surface area contributed by atoms with E-state index in [1.54, 1.807) is 30.3 Å². The summed E-state index contributed by atoms with van der Waals surface area (Å²) >= 11 is 0. The molecule has 2 heterocycles. The van der Waals surface area contributed by atoms with E-state index < -0.39 is 17.1 Å². The van der Waals surface area contributed by atoms with Crippen molar-refractivity contribution in [2.24, 2.45) is 5.73 Å². The van der Waals surface area contributed by atoms with E-state index >= 15 is 0 Å². The fourth-order valence-electron chi connectivity index (χ4n) is 4.16. The Balaban J connectivity index is 1.47. The molecule has 0 spiro atoms. The fourth-order valence-corrected chi connectivity index (χ4v) is 4.16. The van der Waals surface area contributed by atoms with Crippen LogP contribution < -0.4 is 16.1 Å². The molecule has 3 N–H and O–H groups in total.